The van der Waals surface area contributed by atoms with Crippen molar-refractivity contribution in [1.29, 1.82) is 0 Å². The van der Waals surface area contributed by atoms with Gasteiger partial charge in [0, 0.05) is 6.42 Å². The maximum Gasteiger partial charge on any atom is 0.107 e. The Labute approximate surface area is 146 Å². The molecule has 0 atom stereocenters. The Morgan fingerprint density at radius 1 is 1.17 bits per heavy atom. The van der Waals surface area contributed by atoms with Crippen molar-refractivity contribution in [2.75, 3.05) is 0 Å². The second-order valence-electron chi connectivity index (χ2n) is 8.67. The standard InChI is InChI=1S/C21H32N2O/c1-15(14-20(2,3)4)9-7-8-10-19-22-17-12-11-16(21(5,6)24)13-18(17)23-19/h11-13,24H,1,7-10,14H2,2-6H3,(H,22,23). The summed E-state index contributed by atoms with van der Waals surface area (Å²) in [5.74, 6) is 1.03. The average Bonchev–Trinajstić information content (AvgIpc) is 2.82. The summed E-state index contributed by atoms with van der Waals surface area (Å²) in [6.07, 6.45) is 5.41. The number of hydrogen-bond acceptors (Lipinski definition) is 2. The number of fused-ring (bicyclic) bond motifs is 1. The summed E-state index contributed by atoms with van der Waals surface area (Å²) in [6.45, 7) is 14.6. The highest BCUT2D eigenvalue weighted by molar-refractivity contribution is 5.76. The number of unbranched alkanes of at least 4 members (excludes halogenated alkanes) is 1. The Morgan fingerprint density at radius 2 is 1.88 bits per heavy atom. The van der Waals surface area contributed by atoms with Crippen LogP contribution in [0.1, 0.15) is 71.7 Å². The third kappa shape index (κ3) is 5.48. The highest BCUT2D eigenvalue weighted by Crippen LogP contribution is 2.26. The molecule has 3 nitrogen and oxygen atoms in total. The summed E-state index contributed by atoms with van der Waals surface area (Å²) in [4.78, 5) is 8.04. The predicted molar refractivity (Wildman–Crippen MR) is 102 cm³/mol. The number of aromatic nitrogens is 2. The van der Waals surface area contributed by atoms with Crippen LogP contribution < -0.4 is 0 Å². The van der Waals surface area contributed by atoms with E-state index < -0.39 is 5.60 Å². The van der Waals surface area contributed by atoms with Gasteiger partial charge in [0.2, 0.25) is 0 Å². The monoisotopic (exact) mass is 328 g/mol. The second-order valence-corrected chi connectivity index (χ2v) is 8.67. The van der Waals surface area contributed by atoms with E-state index in [2.05, 4.69) is 37.3 Å². The van der Waals surface area contributed by atoms with Crippen LogP contribution >= 0.6 is 0 Å². The number of nitrogens with zero attached hydrogens (tertiary/aromatic N) is 1. The van der Waals surface area contributed by atoms with E-state index >= 15 is 0 Å². The molecule has 1 heterocycles. The van der Waals surface area contributed by atoms with Crippen LogP contribution in [0.2, 0.25) is 0 Å². The van der Waals surface area contributed by atoms with Crippen molar-refractivity contribution in [1.82, 2.24) is 9.97 Å². The molecule has 0 amide bonds. The van der Waals surface area contributed by atoms with Crippen LogP contribution in [-0.2, 0) is 12.0 Å². The molecule has 0 bridgehead atoms. The number of rotatable bonds is 7. The van der Waals surface area contributed by atoms with E-state index in [4.69, 9.17) is 0 Å². The molecule has 0 saturated heterocycles. The molecule has 0 unspecified atom stereocenters. The Morgan fingerprint density at radius 3 is 2.50 bits per heavy atom. The number of aliphatic hydroxyl groups is 1. The zero-order valence-electron chi connectivity index (χ0n) is 15.9. The van der Waals surface area contributed by atoms with E-state index in [-0.39, 0.29) is 0 Å². The van der Waals surface area contributed by atoms with E-state index in [1.54, 1.807) is 13.8 Å². The lowest BCUT2D eigenvalue weighted by molar-refractivity contribution is 0.0787. The van der Waals surface area contributed by atoms with E-state index in [0.29, 0.717) is 5.41 Å². The highest BCUT2D eigenvalue weighted by Gasteiger charge is 2.17. The average molecular weight is 329 g/mol. The lowest BCUT2D eigenvalue weighted by atomic mass is 9.87. The quantitative estimate of drug-likeness (QED) is 0.521. The number of hydrogen-bond donors (Lipinski definition) is 2. The number of benzene rings is 1. The topological polar surface area (TPSA) is 48.9 Å². The Kier molecular flexibility index (Phi) is 5.54. The number of nitrogens with one attached hydrogen (secondary N) is 1. The first-order chi connectivity index (χ1) is 11.0. The van der Waals surface area contributed by atoms with E-state index in [1.807, 2.05) is 18.2 Å². The molecule has 0 fully saturated rings. The number of imidazole rings is 1. The molecular weight excluding hydrogens is 296 g/mol. The van der Waals surface area contributed by atoms with Crippen LogP contribution in [0.3, 0.4) is 0 Å². The molecule has 2 N–H and O–H groups in total. The molecule has 0 saturated carbocycles. The molecular formula is C21H32N2O. The Balaban J connectivity index is 1.88. The van der Waals surface area contributed by atoms with Gasteiger partial charge in [-0.3, -0.25) is 0 Å². The van der Waals surface area contributed by atoms with Gasteiger partial charge in [0.25, 0.3) is 0 Å². The molecule has 0 radical (unpaired) electrons. The lowest BCUT2D eigenvalue weighted by Crippen LogP contribution is -2.14. The maximum absolute atomic E-state index is 10.1. The van der Waals surface area contributed by atoms with Crippen molar-refractivity contribution in [2.45, 2.75) is 72.3 Å². The van der Waals surface area contributed by atoms with Gasteiger partial charge in [0.1, 0.15) is 5.82 Å². The van der Waals surface area contributed by atoms with Crippen molar-refractivity contribution in [3.8, 4) is 0 Å². The molecule has 2 aromatic rings. The van der Waals surface area contributed by atoms with Gasteiger partial charge in [-0.1, -0.05) is 39.0 Å². The molecule has 1 aromatic carbocycles. The minimum atomic E-state index is -0.827. The van der Waals surface area contributed by atoms with Gasteiger partial charge in [-0.2, -0.15) is 0 Å². The first-order valence-electron chi connectivity index (χ1n) is 8.93. The van der Waals surface area contributed by atoms with Gasteiger partial charge >= 0.3 is 0 Å². The first kappa shape index (κ1) is 18.7. The molecule has 0 spiro atoms. The highest BCUT2D eigenvalue weighted by atomic mass is 16.3. The molecule has 1 aromatic heterocycles. The van der Waals surface area contributed by atoms with E-state index in [1.165, 1.54) is 5.57 Å². The van der Waals surface area contributed by atoms with Gasteiger partial charge in [0.15, 0.2) is 0 Å². The number of aryl methyl sites for hydroxylation is 1. The minimum Gasteiger partial charge on any atom is -0.386 e. The van der Waals surface area contributed by atoms with Crippen molar-refractivity contribution in [3.63, 3.8) is 0 Å². The van der Waals surface area contributed by atoms with Crippen LogP contribution in [0.25, 0.3) is 11.0 Å². The van der Waals surface area contributed by atoms with Gasteiger partial charge in [-0.15, -0.1) is 0 Å². The third-order valence-electron chi connectivity index (χ3n) is 4.21. The molecule has 3 heteroatoms. The fourth-order valence-electron chi connectivity index (χ4n) is 3.07. The zero-order chi connectivity index (χ0) is 18.0. The molecule has 132 valence electrons. The fourth-order valence-corrected chi connectivity index (χ4v) is 3.07. The van der Waals surface area contributed by atoms with Crippen LogP contribution in [0.15, 0.2) is 30.4 Å². The normalized spacial score (nSPS) is 12.8. The zero-order valence-corrected chi connectivity index (χ0v) is 15.9. The van der Waals surface area contributed by atoms with Gasteiger partial charge in [-0.05, 0) is 62.6 Å². The maximum atomic E-state index is 10.1. The largest absolute Gasteiger partial charge is 0.386 e. The van der Waals surface area contributed by atoms with Gasteiger partial charge in [-0.25, -0.2) is 4.98 Å². The smallest absolute Gasteiger partial charge is 0.107 e. The van der Waals surface area contributed by atoms with Crippen LogP contribution in [-0.4, -0.2) is 15.1 Å². The summed E-state index contributed by atoms with van der Waals surface area (Å²) in [7, 11) is 0. The minimum absolute atomic E-state index is 0.327. The molecule has 0 aliphatic rings. The second kappa shape index (κ2) is 7.10. The van der Waals surface area contributed by atoms with Crippen molar-refractivity contribution < 1.29 is 5.11 Å². The molecule has 0 aliphatic carbocycles. The van der Waals surface area contributed by atoms with Crippen LogP contribution in [0.4, 0.5) is 0 Å². The van der Waals surface area contributed by atoms with Crippen molar-refractivity contribution in [3.05, 3.63) is 41.7 Å². The van der Waals surface area contributed by atoms with Crippen LogP contribution in [0.5, 0.6) is 0 Å². The SMILES string of the molecule is C=C(CCCCc1nc2ccc(C(C)(C)O)cc2[nH]1)CC(C)(C)C. The van der Waals surface area contributed by atoms with E-state index in [9.17, 15) is 5.11 Å². The van der Waals surface area contributed by atoms with Gasteiger partial charge < -0.3 is 10.1 Å². The summed E-state index contributed by atoms with van der Waals surface area (Å²) in [5, 5.41) is 10.1. The van der Waals surface area contributed by atoms with E-state index in [0.717, 1.165) is 54.5 Å². The first-order valence-corrected chi connectivity index (χ1v) is 8.93. The molecule has 2 rings (SSSR count). The Bertz CT molecular complexity index is 699. The summed E-state index contributed by atoms with van der Waals surface area (Å²) in [5.41, 5.74) is 3.73. The fraction of sp³-hybridized carbons (Fsp3) is 0.571. The summed E-state index contributed by atoms with van der Waals surface area (Å²) in [6, 6.07) is 5.92. The Hall–Kier alpha value is -1.61. The summed E-state index contributed by atoms with van der Waals surface area (Å²) < 4.78 is 0. The summed E-state index contributed by atoms with van der Waals surface area (Å²) >= 11 is 0. The lowest BCUT2D eigenvalue weighted by Gasteiger charge is -2.19. The predicted octanol–water partition coefficient (Wildman–Crippen LogP) is 5.50. The van der Waals surface area contributed by atoms with Gasteiger partial charge in [0.05, 0.1) is 16.6 Å². The molecule has 0 aliphatic heterocycles. The number of allylic oxidation sites excluding steroid dienone is 1. The third-order valence-corrected chi connectivity index (χ3v) is 4.21. The van der Waals surface area contributed by atoms with Crippen LogP contribution in [0, 0.1) is 5.41 Å². The van der Waals surface area contributed by atoms with Crippen molar-refractivity contribution >= 4 is 11.0 Å². The van der Waals surface area contributed by atoms with Crippen molar-refractivity contribution in [2.24, 2.45) is 5.41 Å². The number of H-pyrrole nitrogens is 1. The number of aromatic amines is 1. The molecule has 24 heavy (non-hydrogen) atoms.